The van der Waals surface area contributed by atoms with Gasteiger partial charge in [-0.25, -0.2) is 5.10 Å². The highest BCUT2D eigenvalue weighted by atomic mass is 16.2. The van der Waals surface area contributed by atoms with Crippen molar-refractivity contribution < 1.29 is 9.59 Å². The summed E-state index contributed by atoms with van der Waals surface area (Å²) in [5.74, 6) is 0.388. The SMILES string of the molecule is CCCN(CCCC(=O)C1CC1)C(=O)c1ccc(C2c3n[nH]c(=O)c4cccc(c34)NC2c2ccc(CNC)cc2)cc1. The van der Waals surface area contributed by atoms with Crippen LogP contribution in [0.4, 0.5) is 5.69 Å². The molecule has 6 rings (SSSR count). The fraction of sp³-hybridized carbons (Fsp3) is 0.371. The first-order valence-corrected chi connectivity index (χ1v) is 15.4. The van der Waals surface area contributed by atoms with E-state index < -0.39 is 0 Å². The van der Waals surface area contributed by atoms with Crippen LogP contribution in [-0.4, -0.2) is 46.9 Å². The summed E-state index contributed by atoms with van der Waals surface area (Å²) in [7, 11) is 1.93. The van der Waals surface area contributed by atoms with Crippen LogP contribution >= 0.6 is 0 Å². The summed E-state index contributed by atoms with van der Waals surface area (Å²) in [6, 6.07) is 21.9. The number of nitrogens with one attached hydrogen (secondary N) is 3. The zero-order valence-corrected chi connectivity index (χ0v) is 24.9. The molecule has 0 bridgehead atoms. The molecule has 43 heavy (non-hydrogen) atoms. The lowest BCUT2D eigenvalue weighted by molar-refractivity contribution is -0.120. The number of benzene rings is 3. The molecule has 2 unspecified atom stereocenters. The van der Waals surface area contributed by atoms with Gasteiger partial charge in [0.1, 0.15) is 5.78 Å². The van der Waals surface area contributed by atoms with Gasteiger partial charge in [-0.3, -0.25) is 14.4 Å². The fourth-order valence-electron chi connectivity index (χ4n) is 6.33. The number of aromatic nitrogens is 2. The normalized spacial score (nSPS) is 17.4. The Balaban J connectivity index is 1.31. The van der Waals surface area contributed by atoms with Crippen molar-refractivity contribution in [1.29, 1.82) is 0 Å². The van der Waals surface area contributed by atoms with E-state index in [2.05, 4.69) is 52.0 Å². The average Bonchev–Trinajstić information content (AvgIpc) is 3.88. The number of ketones is 1. The van der Waals surface area contributed by atoms with E-state index in [9.17, 15) is 14.4 Å². The van der Waals surface area contributed by atoms with Gasteiger partial charge in [0.05, 0.1) is 23.0 Å². The molecule has 1 aromatic heterocycles. The van der Waals surface area contributed by atoms with Gasteiger partial charge in [-0.2, -0.15) is 5.10 Å². The third-order valence-corrected chi connectivity index (χ3v) is 8.68. The van der Waals surface area contributed by atoms with Crippen LogP contribution < -0.4 is 16.2 Å². The lowest BCUT2D eigenvalue weighted by Gasteiger charge is -2.35. The molecule has 0 radical (unpaired) electrons. The molecule has 0 saturated heterocycles. The minimum Gasteiger partial charge on any atom is -0.377 e. The molecule has 2 atom stereocenters. The largest absolute Gasteiger partial charge is 0.377 e. The number of rotatable bonds is 12. The van der Waals surface area contributed by atoms with E-state index in [-0.39, 0.29) is 29.3 Å². The lowest BCUT2D eigenvalue weighted by atomic mass is 9.79. The Morgan fingerprint density at radius 2 is 1.72 bits per heavy atom. The number of H-pyrrole nitrogens is 1. The first-order valence-electron chi connectivity index (χ1n) is 15.4. The van der Waals surface area contributed by atoms with E-state index in [1.807, 2.05) is 54.4 Å². The monoisotopic (exact) mass is 577 g/mol. The molecule has 4 aromatic rings. The molecule has 1 aliphatic carbocycles. The Kier molecular flexibility index (Phi) is 8.38. The van der Waals surface area contributed by atoms with E-state index in [0.29, 0.717) is 42.7 Å². The highest BCUT2D eigenvalue weighted by Crippen LogP contribution is 2.46. The van der Waals surface area contributed by atoms with Gasteiger partial charge >= 0.3 is 0 Å². The van der Waals surface area contributed by atoms with Gasteiger partial charge in [-0.15, -0.1) is 0 Å². The van der Waals surface area contributed by atoms with Crippen molar-refractivity contribution in [2.75, 3.05) is 25.5 Å². The van der Waals surface area contributed by atoms with Crippen molar-refractivity contribution in [3.63, 3.8) is 0 Å². The Bertz CT molecular complexity index is 1680. The Labute approximate surface area is 251 Å². The minimum atomic E-state index is -0.216. The van der Waals surface area contributed by atoms with Gasteiger partial charge in [0, 0.05) is 48.6 Å². The van der Waals surface area contributed by atoms with Crippen LogP contribution in [0.15, 0.2) is 71.5 Å². The van der Waals surface area contributed by atoms with Crippen molar-refractivity contribution in [2.45, 2.75) is 57.5 Å². The van der Waals surface area contributed by atoms with Crippen LogP contribution in [0.2, 0.25) is 0 Å². The Morgan fingerprint density at radius 3 is 2.42 bits per heavy atom. The standard InChI is InChI=1S/C35H39N5O3/c1-3-19-40(20-5-8-29(41)23-13-14-23)35(43)26-17-15-24(16-18-26)30-32(25-11-9-22(10-12-25)21-36-2)37-28-7-4-6-27-31(28)33(30)38-39-34(27)42/h4,6-7,9-12,15-18,23,30,32,36-37H,3,5,8,13-14,19-21H2,1-2H3,(H,39,42). The minimum absolute atomic E-state index is 0.0133. The molecule has 2 aliphatic rings. The van der Waals surface area contributed by atoms with Crippen molar-refractivity contribution in [2.24, 2.45) is 5.92 Å². The maximum Gasteiger partial charge on any atom is 0.272 e. The van der Waals surface area contributed by atoms with Gasteiger partial charge < -0.3 is 15.5 Å². The molecular formula is C35H39N5O3. The van der Waals surface area contributed by atoms with E-state index in [0.717, 1.165) is 53.7 Å². The number of carbonyl (C=O) groups excluding carboxylic acids is 2. The second-order valence-electron chi connectivity index (χ2n) is 11.8. The van der Waals surface area contributed by atoms with Crippen LogP contribution in [-0.2, 0) is 11.3 Å². The van der Waals surface area contributed by atoms with E-state index in [4.69, 9.17) is 0 Å². The van der Waals surface area contributed by atoms with Crippen LogP contribution in [0.1, 0.15) is 83.7 Å². The summed E-state index contributed by atoms with van der Waals surface area (Å²) < 4.78 is 0. The molecule has 3 N–H and O–H groups in total. The van der Waals surface area contributed by atoms with Gasteiger partial charge in [0.15, 0.2) is 0 Å². The zero-order chi connectivity index (χ0) is 29.9. The molecule has 1 saturated carbocycles. The number of hydrogen-bond acceptors (Lipinski definition) is 6. The predicted molar refractivity (Wildman–Crippen MR) is 169 cm³/mol. The third kappa shape index (κ3) is 5.97. The van der Waals surface area contributed by atoms with Gasteiger partial charge in [0.25, 0.3) is 11.5 Å². The number of carbonyl (C=O) groups is 2. The molecule has 1 amide bonds. The summed E-state index contributed by atoms with van der Waals surface area (Å²) in [5.41, 5.74) is 5.40. The summed E-state index contributed by atoms with van der Waals surface area (Å²) >= 11 is 0. The summed E-state index contributed by atoms with van der Waals surface area (Å²) in [6.45, 7) is 4.09. The van der Waals surface area contributed by atoms with Crippen LogP contribution in [0, 0.1) is 5.92 Å². The second kappa shape index (κ2) is 12.5. The van der Waals surface area contributed by atoms with Crippen LogP contribution in [0.5, 0.6) is 0 Å². The molecule has 3 aromatic carbocycles. The first kappa shape index (κ1) is 28.8. The molecule has 222 valence electrons. The van der Waals surface area contributed by atoms with Crippen molar-refractivity contribution in [1.82, 2.24) is 20.4 Å². The number of aromatic amines is 1. The number of amides is 1. The molecule has 0 spiro atoms. The van der Waals surface area contributed by atoms with Gasteiger partial charge in [-0.1, -0.05) is 49.4 Å². The maximum atomic E-state index is 13.5. The number of anilines is 1. The predicted octanol–water partition coefficient (Wildman–Crippen LogP) is 5.55. The number of hydrogen-bond donors (Lipinski definition) is 3. The van der Waals surface area contributed by atoms with E-state index in [1.54, 1.807) is 0 Å². The molecule has 8 heteroatoms. The quantitative estimate of drug-likeness (QED) is 0.204. The summed E-state index contributed by atoms with van der Waals surface area (Å²) in [6.07, 6.45) is 4.15. The lowest BCUT2D eigenvalue weighted by Crippen LogP contribution is -2.33. The zero-order valence-electron chi connectivity index (χ0n) is 24.9. The molecule has 1 aliphatic heterocycles. The molecule has 8 nitrogen and oxygen atoms in total. The Morgan fingerprint density at radius 1 is 0.977 bits per heavy atom. The summed E-state index contributed by atoms with van der Waals surface area (Å²) in [4.78, 5) is 40.3. The number of Topliss-reactive ketones (excluding diaryl/α,β-unsaturated/α-hetero) is 1. The molecule has 1 fully saturated rings. The van der Waals surface area contributed by atoms with E-state index >= 15 is 0 Å². The van der Waals surface area contributed by atoms with E-state index in [1.165, 1.54) is 5.56 Å². The fourth-order valence-corrected chi connectivity index (χ4v) is 6.33. The smallest absolute Gasteiger partial charge is 0.272 e. The van der Waals surface area contributed by atoms with Crippen molar-refractivity contribution in [3.05, 3.63) is 105 Å². The average molecular weight is 578 g/mol. The highest BCUT2D eigenvalue weighted by molar-refractivity contribution is 5.97. The second-order valence-corrected chi connectivity index (χ2v) is 11.8. The maximum absolute atomic E-state index is 13.5. The number of nitrogens with zero attached hydrogens (tertiary/aromatic N) is 2. The summed E-state index contributed by atoms with van der Waals surface area (Å²) in [5, 5.41) is 15.7. The third-order valence-electron chi connectivity index (χ3n) is 8.68. The highest BCUT2D eigenvalue weighted by Gasteiger charge is 2.35. The van der Waals surface area contributed by atoms with Gasteiger partial charge in [0.2, 0.25) is 0 Å². The van der Waals surface area contributed by atoms with Crippen LogP contribution in [0.25, 0.3) is 10.8 Å². The Hall–Kier alpha value is -4.30. The topological polar surface area (TPSA) is 107 Å². The first-order chi connectivity index (χ1) is 21.0. The molecular weight excluding hydrogens is 538 g/mol. The van der Waals surface area contributed by atoms with Gasteiger partial charge in [-0.05, 0) is 73.7 Å². The molecule has 2 heterocycles. The van der Waals surface area contributed by atoms with Crippen molar-refractivity contribution >= 4 is 28.2 Å². The van der Waals surface area contributed by atoms with Crippen molar-refractivity contribution in [3.8, 4) is 0 Å². The van der Waals surface area contributed by atoms with Crippen LogP contribution in [0.3, 0.4) is 0 Å².